The van der Waals surface area contributed by atoms with Gasteiger partial charge in [0.05, 0.1) is 0 Å². The molecule has 0 atom stereocenters. The number of aromatic nitrogens is 1. The van der Waals surface area contributed by atoms with Gasteiger partial charge in [-0.2, -0.15) is 0 Å². The van der Waals surface area contributed by atoms with Crippen LogP contribution in [-0.4, -0.2) is 11.9 Å². The predicted molar refractivity (Wildman–Crippen MR) is 60.8 cm³/mol. The first-order valence-electron chi connectivity index (χ1n) is 4.57. The molecule has 1 nitrogen and oxygen atoms in total. The average Bonchev–Trinajstić information content (AvgIpc) is 2.62. The Labute approximate surface area is 88.6 Å². The van der Waals surface area contributed by atoms with Crippen LogP contribution in [0.1, 0.15) is 12.6 Å². The lowest BCUT2D eigenvalue weighted by Crippen LogP contribution is -2.12. The Hall–Kier alpha value is -1.58. The van der Waals surface area contributed by atoms with E-state index < -0.39 is 7.40 Å². The number of hydrogen-bond donors (Lipinski definition) is 0. The molecule has 1 aromatic rings. The Bertz CT molecular complexity index is 391. The normalized spacial score (nSPS) is 12.1. The number of nitrogens with zero attached hydrogens (tertiary/aromatic N) is 1. The molecule has 0 aliphatic carbocycles. The quantitative estimate of drug-likeness (QED) is 0.526. The van der Waals surface area contributed by atoms with Gasteiger partial charge in [-0.15, -0.1) is 0 Å². The second-order valence-corrected chi connectivity index (χ2v) is 3.10. The van der Waals surface area contributed by atoms with Crippen molar-refractivity contribution in [2.75, 3.05) is 0 Å². The summed E-state index contributed by atoms with van der Waals surface area (Å²) in [6, 6.07) is 3.25. The molecule has 15 heavy (non-hydrogen) atoms. The Kier molecular flexibility index (Phi) is 4.09. The summed E-state index contributed by atoms with van der Waals surface area (Å²) in [6.07, 6.45) is 8.29. The largest absolute Gasteiger partial charge is 0.677 e. The minimum atomic E-state index is -2.50. The lowest BCUT2D eigenvalue weighted by molar-refractivity contribution is 0.629. The molecular formula is C11H12BF2N. The Morgan fingerprint density at radius 1 is 1.53 bits per heavy atom. The van der Waals surface area contributed by atoms with E-state index in [0.29, 0.717) is 5.69 Å². The molecule has 0 spiro atoms. The smallest absolute Gasteiger partial charge is 0.332 e. The van der Waals surface area contributed by atoms with E-state index in [1.165, 1.54) is 6.20 Å². The monoisotopic (exact) mass is 207 g/mol. The number of rotatable bonds is 4. The highest BCUT2D eigenvalue weighted by Gasteiger charge is 2.17. The maximum Gasteiger partial charge on any atom is 0.677 e. The summed E-state index contributed by atoms with van der Waals surface area (Å²) in [7, 11) is -2.50. The van der Waals surface area contributed by atoms with Crippen LogP contribution in [0.5, 0.6) is 0 Å². The van der Waals surface area contributed by atoms with Crippen molar-refractivity contribution >= 4 is 13.5 Å². The van der Waals surface area contributed by atoms with Crippen LogP contribution >= 0.6 is 0 Å². The standard InChI is InChI=1S/C11H12BF2N/c1-3-4-6-10(2)9-11-7-5-8-15(11)12(13)14/h3-9H,1H2,2H3/b6-4-,10-9+. The zero-order valence-corrected chi connectivity index (χ0v) is 8.53. The Morgan fingerprint density at radius 3 is 2.87 bits per heavy atom. The first-order valence-corrected chi connectivity index (χ1v) is 4.57. The maximum atomic E-state index is 12.5. The number of hydrogen-bond acceptors (Lipinski definition) is 0. The first-order chi connectivity index (χ1) is 7.15. The van der Waals surface area contributed by atoms with E-state index >= 15 is 0 Å². The fraction of sp³-hybridized carbons (Fsp3) is 0.0909. The van der Waals surface area contributed by atoms with Crippen LogP contribution in [0.25, 0.3) is 6.08 Å². The van der Waals surface area contributed by atoms with Crippen LogP contribution in [0.15, 0.2) is 48.7 Å². The van der Waals surface area contributed by atoms with Gasteiger partial charge in [-0.05, 0) is 36.9 Å². The third-order valence-electron chi connectivity index (χ3n) is 1.89. The average molecular weight is 207 g/mol. The first kappa shape index (κ1) is 11.5. The molecule has 0 N–H and O–H groups in total. The van der Waals surface area contributed by atoms with Crippen molar-refractivity contribution in [3.8, 4) is 0 Å². The summed E-state index contributed by atoms with van der Waals surface area (Å²) in [6.45, 7) is 5.39. The van der Waals surface area contributed by atoms with Crippen molar-refractivity contribution in [1.82, 2.24) is 4.48 Å². The van der Waals surface area contributed by atoms with Crippen LogP contribution < -0.4 is 0 Å². The molecule has 0 radical (unpaired) electrons. The molecule has 1 aromatic heterocycles. The molecule has 78 valence electrons. The van der Waals surface area contributed by atoms with Crippen molar-refractivity contribution in [3.63, 3.8) is 0 Å². The molecule has 0 aliphatic rings. The molecule has 0 fully saturated rings. The second kappa shape index (κ2) is 5.34. The predicted octanol–water partition coefficient (Wildman–Crippen LogP) is 3.41. The van der Waals surface area contributed by atoms with Gasteiger partial charge in [0.1, 0.15) is 0 Å². The summed E-state index contributed by atoms with van der Waals surface area (Å²) < 4.78 is 25.8. The third-order valence-corrected chi connectivity index (χ3v) is 1.89. The van der Waals surface area contributed by atoms with E-state index in [1.807, 2.05) is 13.0 Å². The molecular weight excluding hydrogens is 195 g/mol. The van der Waals surface area contributed by atoms with Gasteiger partial charge in [-0.25, -0.2) is 0 Å². The van der Waals surface area contributed by atoms with Crippen molar-refractivity contribution < 1.29 is 8.63 Å². The number of halogens is 2. The minimum absolute atomic E-state index is 0.496. The lowest BCUT2D eigenvalue weighted by Gasteiger charge is -2.01. The third kappa shape index (κ3) is 3.24. The van der Waals surface area contributed by atoms with E-state index in [0.717, 1.165) is 10.1 Å². The van der Waals surface area contributed by atoms with E-state index in [1.54, 1.807) is 30.4 Å². The highest BCUT2D eigenvalue weighted by molar-refractivity contribution is 6.41. The molecule has 0 saturated carbocycles. The van der Waals surface area contributed by atoms with E-state index in [2.05, 4.69) is 6.58 Å². The van der Waals surface area contributed by atoms with E-state index in [4.69, 9.17) is 0 Å². The van der Waals surface area contributed by atoms with Crippen LogP contribution in [0.4, 0.5) is 8.63 Å². The van der Waals surface area contributed by atoms with Gasteiger partial charge in [0.15, 0.2) is 0 Å². The van der Waals surface area contributed by atoms with E-state index in [-0.39, 0.29) is 0 Å². The summed E-state index contributed by atoms with van der Waals surface area (Å²) in [5, 5.41) is 0. The summed E-state index contributed by atoms with van der Waals surface area (Å²) in [5.74, 6) is 0. The van der Waals surface area contributed by atoms with Crippen molar-refractivity contribution in [2.45, 2.75) is 6.92 Å². The molecule has 0 aliphatic heterocycles. The fourth-order valence-electron chi connectivity index (χ4n) is 1.21. The van der Waals surface area contributed by atoms with Crippen molar-refractivity contribution in [3.05, 3.63) is 54.4 Å². The molecule has 0 bridgehead atoms. The highest BCUT2D eigenvalue weighted by atomic mass is 19.2. The van der Waals surface area contributed by atoms with Gasteiger partial charge in [-0.3, -0.25) is 8.63 Å². The van der Waals surface area contributed by atoms with Gasteiger partial charge in [0.2, 0.25) is 0 Å². The van der Waals surface area contributed by atoms with Crippen LogP contribution in [0.3, 0.4) is 0 Å². The second-order valence-electron chi connectivity index (χ2n) is 3.10. The summed E-state index contributed by atoms with van der Waals surface area (Å²) >= 11 is 0. The van der Waals surface area contributed by atoms with E-state index in [9.17, 15) is 8.63 Å². The number of allylic oxidation sites excluding steroid dienone is 4. The molecule has 0 amide bonds. The zero-order valence-electron chi connectivity index (χ0n) is 8.53. The molecule has 0 saturated heterocycles. The van der Waals surface area contributed by atoms with Crippen molar-refractivity contribution in [2.24, 2.45) is 0 Å². The van der Waals surface area contributed by atoms with Crippen LogP contribution in [0, 0.1) is 0 Å². The SMILES string of the molecule is C=C/C=C\C(C)=C\c1cccn1B(F)F. The topological polar surface area (TPSA) is 4.93 Å². The maximum absolute atomic E-state index is 12.5. The Morgan fingerprint density at radius 2 is 2.27 bits per heavy atom. The van der Waals surface area contributed by atoms with Crippen LogP contribution in [0.2, 0.25) is 0 Å². The Balaban J connectivity index is 2.92. The summed E-state index contributed by atoms with van der Waals surface area (Å²) in [4.78, 5) is 0. The molecule has 4 heteroatoms. The summed E-state index contributed by atoms with van der Waals surface area (Å²) in [5.41, 5.74) is 1.40. The fourth-order valence-corrected chi connectivity index (χ4v) is 1.21. The minimum Gasteiger partial charge on any atom is -0.332 e. The molecule has 0 unspecified atom stereocenters. The van der Waals surface area contributed by atoms with Gasteiger partial charge < -0.3 is 4.48 Å². The molecule has 0 aromatic carbocycles. The van der Waals surface area contributed by atoms with Gasteiger partial charge >= 0.3 is 7.40 Å². The zero-order chi connectivity index (χ0) is 11.3. The van der Waals surface area contributed by atoms with Gasteiger partial charge in [0.25, 0.3) is 0 Å². The molecule has 1 rings (SSSR count). The van der Waals surface area contributed by atoms with Gasteiger partial charge in [0, 0.05) is 5.69 Å². The van der Waals surface area contributed by atoms with Crippen molar-refractivity contribution in [1.29, 1.82) is 0 Å². The van der Waals surface area contributed by atoms with Gasteiger partial charge in [-0.1, -0.05) is 24.8 Å². The van der Waals surface area contributed by atoms with Crippen LogP contribution in [-0.2, 0) is 0 Å². The lowest BCUT2D eigenvalue weighted by atomic mass is 10.2. The highest BCUT2D eigenvalue weighted by Crippen LogP contribution is 2.11. The molecule has 1 heterocycles.